The Morgan fingerprint density at radius 3 is 2.66 bits per heavy atom. The highest BCUT2D eigenvalue weighted by molar-refractivity contribution is 5.96. The SMILES string of the molecule is COc1cc(C=CC(=O)N2CCCC2C(=O)NCC(F)(F)F)ccc1OC(F)F. The molecule has 1 fully saturated rings. The summed E-state index contributed by atoms with van der Waals surface area (Å²) in [4.78, 5) is 25.5. The van der Waals surface area contributed by atoms with E-state index in [2.05, 4.69) is 4.74 Å². The molecule has 1 aromatic carbocycles. The van der Waals surface area contributed by atoms with Gasteiger partial charge in [-0.1, -0.05) is 6.07 Å². The number of nitrogens with one attached hydrogen (secondary N) is 1. The molecule has 0 spiro atoms. The fourth-order valence-electron chi connectivity index (χ4n) is 2.85. The molecule has 1 N–H and O–H groups in total. The zero-order valence-corrected chi connectivity index (χ0v) is 15.3. The van der Waals surface area contributed by atoms with Gasteiger partial charge in [0.15, 0.2) is 11.5 Å². The van der Waals surface area contributed by atoms with Crippen LogP contribution >= 0.6 is 0 Å². The topological polar surface area (TPSA) is 67.9 Å². The molecular formula is C18H19F5N2O4. The van der Waals surface area contributed by atoms with E-state index in [1.54, 1.807) is 5.32 Å². The Morgan fingerprint density at radius 1 is 1.31 bits per heavy atom. The molecule has 2 amide bonds. The Balaban J connectivity index is 2.04. The number of carbonyl (C=O) groups excluding carboxylic acids is 2. The molecule has 0 aromatic heterocycles. The number of methoxy groups -OCH3 is 1. The molecule has 1 heterocycles. The van der Waals surface area contributed by atoms with Crippen molar-refractivity contribution in [3.05, 3.63) is 29.8 Å². The van der Waals surface area contributed by atoms with E-state index >= 15 is 0 Å². The molecular weight excluding hydrogens is 403 g/mol. The van der Waals surface area contributed by atoms with Gasteiger partial charge in [-0.2, -0.15) is 22.0 Å². The number of rotatable bonds is 7. The van der Waals surface area contributed by atoms with Crippen molar-refractivity contribution >= 4 is 17.9 Å². The molecule has 29 heavy (non-hydrogen) atoms. The van der Waals surface area contributed by atoms with Crippen molar-refractivity contribution in [3.63, 3.8) is 0 Å². The smallest absolute Gasteiger partial charge is 0.405 e. The fourth-order valence-corrected chi connectivity index (χ4v) is 2.85. The summed E-state index contributed by atoms with van der Waals surface area (Å²) in [6, 6.07) is 3.06. The highest BCUT2D eigenvalue weighted by Gasteiger charge is 2.35. The van der Waals surface area contributed by atoms with Crippen LogP contribution in [0.5, 0.6) is 11.5 Å². The van der Waals surface area contributed by atoms with Crippen molar-refractivity contribution in [2.24, 2.45) is 0 Å². The van der Waals surface area contributed by atoms with Gasteiger partial charge in [0.2, 0.25) is 11.8 Å². The van der Waals surface area contributed by atoms with Crippen LogP contribution in [-0.2, 0) is 9.59 Å². The van der Waals surface area contributed by atoms with Crippen LogP contribution in [-0.4, -0.2) is 55.7 Å². The van der Waals surface area contributed by atoms with Gasteiger partial charge in [0.05, 0.1) is 7.11 Å². The monoisotopic (exact) mass is 422 g/mol. The van der Waals surface area contributed by atoms with Crippen molar-refractivity contribution in [2.45, 2.75) is 31.7 Å². The zero-order chi connectivity index (χ0) is 21.6. The van der Waals surface area contributed by atoms with Gasteiger partial charge in [-0.25, -0.2) is 0 Å². The largest absolute Gasteiger partial charge is 0.493 e. The Bertz CT molecular complexity index is 767. The number of carbonyl (C=O) groups is 2. The lowest BCUT2D eigenvalue weighted by atomic mass is 10.1. The quantitative estimate of drug-likeness (QED) is 0.542. The Hall–Kier alpha value is -2.85. The summed E-state index contributed by atoms with van der Waals surface area (Å²) in [5, 5.41) is 1.79. The summed E-state index contributed by atoms with van der Waals surface area (Å²) in [5.74, 6) is -1.56. The van der Waals surface area contributed by atoms with Crippen LogP contribution in [0.1, 0.15) is 18.4 Å². The predicted octanol–water partition coefficient (Wildman–Crippen LogP) is 2.98. The van der Waals surface area contributed by atoms with E-state index < -0.39 is 37.2 Å². The number of alkyl halides is 5. The third kappa shape index (κ3) is 6.61. The number of ether oxygens (including phenoxy) is 2. The fraction of sp³-hybridized carbons (Fsp3) is 0.444. The van der Waals surface area contributed by atoms with Gasteiger partial charge >= 0.3 is 12.8 Å². The molecule has 1 aliphatic heterocycles. The molecule has 0 saturated carbocycles. The van der Waals surface area contributed by atoms with E-state index in [0.717, 1.165) is 6.08 Å². The van der Waals surface area contributed by atoms with Crippen LogP contribution in [0.25, 0.3) is 6.08 Å². The lowest BCUT2D eigenvalue weighted by molar-refractivity contribution is -0.143. The van der Waals surface area contributed by atoms with Crippen molar-refractivity contribution in [3.8, 4) is 11.5 Å². The van der Waals surface area contributed by atoms with Gasteiger partial charge in [-0.3, -0.25) is 9.59 Å². The van der Waals surface area contributed by atoms with Gasteiger partial charge in [0, 0.05) is 12.6 Å². The number of halogens is 5. The van der Waals surface area contributed by atoms with Crippen molar-refractivity contribution in [1.29, 1.82) is 0 Å². The van der Waals surface area contributed by atoms with Crippen LogP contribution in [0.4, 0.5) is 22.0 Å². The third-order valence-corrected chi connectivity index (χ3v) is 4.12. The van der Waals surface area contributed by atoms with Crippen LogP contribution in [0.15, 0.2) is 24.3 Å². The number of nitrogens with zero attached hydrogens (tertiary/aromatic N) is 1. The minimum Gasteiger partial charge on any atom is -0.493 e. The van der Waals surface area contributed by atoms with Crippen LogP contribution < -0.4 is 14.8 Å². The van der Waals surface area contributed by atoms with E-state index in [1.165, 1.54) is 36.3 Å². The molecule has 0 bridgehead atoms. The van der Waals surface area contributed by atoms with Gasteiger partial charge in [-0.05, 0) is 36.6 Å². The molecule has 11 heteroatoms. The number of amides is 2. The van der Waals surface area contributed by atoms with E-state index in [-0.39, 0.29) is 24.5 Å². The van der Waals surface area contributed by atoms with Gasteiger partial charge < -0.3 is 19.7 Å². The molecule has 1 aromatic rings. The number of hydrogen-bond donors (Lipinski definition) is 1. The minimum atomic E-state index is -4.54. The van der Waals surface area contributed by atoms with Gasteiger partial charge in [0.1, 0.15) is 12.6 Å². The average Bonchev–Trinajstić information content (AvgIpc) is 3.14. The summed E-state index contributed by atoms with van der Waals surface area (Å²) < 4.78 is 70.7. The van der Waals surface area contributed by atoms with Crippen LogP contribution in [0.3, 0.4) is 0 Å². The standard InChI is InChI=1S/C18H19F5N2O4/c1-28-14-9-11(4-6-13(14)29-17(19)20)5-7-15(26)25-8-2-3-12(25)16(27)24-10-18(21,22)23/h4-7,9,12,17H,2-3,8,10H2,1H3,(H,24,27). The minimum absolute atomic E-state index is 0.0328. The molecule has 0 aliphatic carbocycles. The first-order valence-electron chi connectivity index (χ1n) is 8.56. The van der Waals surface area contributed by atoms with Gasteiger partial charge in [0.25, 0.3) is 0 Å². The molecule has 0 radical (unpaired) electrons. The second-order valence-electron chi connectivity index (χ2n) is 6.14. The summed E-state index contributed by atoms with van der Waals surface area (Å²) in [5.41, 5.74) is 0.439. The van der Waals surface area contributed by atoms with E-state index in [1.807, 2.05) is 0 Å². The highest BCUT2D eigenvalue weighted by atomic mass is 19.4. The number of benzene rings is 1. The van der Waals surface area contributed by atoms with Gasteiger partial charge in [-0.15, -0.1) is 0 Å². The Labute approximate surface area is 163 Å². The first-order chi connectivity index (χ1) is 13.6. The molecule has 6 nitrogen and oxygen atoms in total. The molecule has 1 atom stereocenters. The zero-order valence-electron chi connectivity index (χ0n) is 15.3. The maximum atomic E-state index is 12.4. The molecule has 160 valence electrons. The van der Waals surface area contributed by atoms with E-state index in [0.29, 0.717) is 12.0 Å². The summed E-state index contributed by atoms with van der Waals surface area (Å²) in [6.45, 7) is -4.26. The van der Waals surface area contributed by atoms with Crippen LogP contribution in [0.2, 0.25) is 0 Å². The summed E-state index contributed by atoms with van der Waals surface area (Å²) in [7, 11) is 1.26. The molecule has 1 aliphatic rings. The summed E-state index contributed by atoms with van der Waals surface area (Å²) in [6.07, 6.45) is -1.27. The van der Waals surface area contributed by atoms with E-state index in [4.69, 9.17) is 4.74 Å². The Morgan fingerprint density at radius 2 is 2.03 bits per heavy atom. The van der Waals surface area contributed by atoms with E-state index in [9.17, 15) is 31.5 Å². The first-order valence-corrected chi connectivity index (χ1v) is 8.56. The second kappa shape index (κ2) is 9.57. The number of hydrogen-bond acceptors (Lipinski definition) is 4. The lowest BCUT2D eigenvalue weighted by Gasteiger charge is -2.23. The summed E-state index contributed by atoms with van der Waals surface area (Å²) >= 11 is 0. The Kier molecular flexibility index (Phi) is 7.40. The first kappa shape index (κ1) is 22.4. The van der Waals surface area contributed by atoms with Crippen molar-refractivity contribution < 1.29 is 41.0 Å². The normalized spacial score (nSPS) is 17.1. The van der Waals surface area contributed by atoms with Crippen molar-refractivity contribution in [1.82, 2.24) is 10.2 Å². The number of likely N-dealkylation sites (tertiary alicyclic amines) is 1. The maximum Gasteiger partial charge on any atom is 0.405 e. The highest BCUT2D eigenvalue weighted by Crippen LogP contribution is 2.30. The third-order valence-electron chi connectivity index (χ3n) is 4.12. The molecule has 1 saturated heterocycles. The van der Waals surface area contributed by atoms with Crippen molar-refractivity contribution in [2.75, 3.05) is 20.2 Å². The average molecular weight is 422 g/mol. The van der Waals surface area contributed by atoms with Crippen LogP contribution in [0, 0.1) is 0 Å². The molecule has 2 rings (SSSR count). The maximum absolute atomic E-state index is 12.4. The predicted molar refractivity (Wildman–Crippen MR) is 92.5 cm³/mol. The second-order valence-corrected chi connectivity index (χ2v) is 6.14. The lowest BCUT2D eigenvalue weighted by Crippen LogP contribution is -2.47. The molecule has 1 unspecified atom stereocenters.